The molecule has 0 fully saturated rings. The number of carbonyl (C=O) groups is 2. The maximum atomic E-state index is 11.9. The van der Waals surface area contributed by atoms with Crippen LogP contribution in [0.2, 0.25) is 0 Å². The molecule has 0 bridgehead atoms. The smallest absolute Gasteiger partial charge is 0.159 e. The summed E-state index contributed by atoms with van der Waals surface area (Å²) in [6.45, 7) is 3.72. The van der Waals surface area contributed by atoms with Gasteiger partial charge in [-0.05, 0) is 54.8 Å². The predicted molar refractivity (Wildman–Crippen MR) is 156 cm³/mol. The Hall–Kier alpha value is -4.83. The minimum atomic E-state index is 0.0398. The molecule has 0 spiro atoms. The molecule has 0 amide bonds. The summed E-state index contributed by atoms with van der Waals surface area (Å²) in [4.78, 5) is 28.5. The van der Waals surface area contributed by atoms with Crippen LogP contribution in [0.15, 0.2) is 109 Å². The number of carbonyl (C=O) groups excluding carboxylic acids is 2. The molecule has 5 aromatic rings. The van der Waals surface area contributed by atoms with E-state index in [0.29, 0.717) is 17.7 Å². The number of anilines is 1. The van der Waals surface area contributed by atoms with Gasteiger partial charge in [0.05, 0.1) is 5.52 Å². The van der Waals surface area contributed by atoms with Gasteiger partial charge < -0.3 is 5.32 Å². The molecule has 0 saturated carbocycles. The summed E-state index contributed by atoms with van der Waals surface area (Å²) in [5.41, 5.74) is 8.41. The number of hydrogen-bond acceptors (Lipinski definition) is 4. The molecule has 1 heterocycles. The number of aromatic nitrogens is 1. The number of Topliss-reactive ketones (excluding diaryl/α,β-unsaturated/α-hetero) is 2. The minimum Gasteiger partial charge on any atom is -0.381 e. The van der Waals surface area contributed by atoms with Crippen molar-refractivity contribution in [3.63, 3.8) is 0 Å². The van der Waals surface area contributed by atoms with Crippen molar-refractivity contribution in [1.29, 1.82) is 0 Å². The number of para-hydroxylation sites is 2. The number of fused-ring (bicyclic) bond motifs is 1. The van der Waals surface area contributed by atoms with Crippen LogP contribution in [0, 0.1) is 0 Å². The number of ketones is 2. The molecule has 5 rings (SSSR count). The van der Waals surface area contributed by atoms with Gasteiger partial charge in [0, 0.05) is 46.1 Å². The average molecular weight is 497 g/mol. The average Bonchev–Trinajstić information content (AvgIpc) is 2.95. The number of pyridine rings is 1. The van der Waals surface area contributed by atoms with Crippen molar-refractivity contribution in [2.75, 3.05) is 11.9 Å². The first kappa shape index (κ1) is 24.8. The fourth-order valence-corrected chi connectivity index (χ4v) is 4.56. The zero-order chi connectivity index (χ0) is 26.5. The van der Waals surface area contributed by atoms with Gasteiger partial charge in [0.15, 0.2) is 11.6 Å². The number of rotatable bonds is 8. The number of nitrogens with zero attached hydrogens (tertiary/aromatic N) is 1. The highest BCUT2D eigenvalue weighted by molar-refractivity contribution is 6.03. The molecular formula is C34H28N2O2. The largest absolute Gasteiger partial charge is 0.381 e. The van der Waals surface area contributed by atoms with Crippen molar-refractivity contribution < 1.29 is 9.59 Å². The highest BCUT2D eigenvalue weighted by atomic mass is 16.1. The molecule has 4 nitrogen and oxygen atoms in total. The van der Waals surface area contributed by atoms with Crippen molar-refractivity contribution in [2.24, 2.45) is 0 Å². The van der Waals surface area contributed by atoms with Gasteiger partial charge in [-0.15, -0.1) is 0 Å². The van der Waals surface area contributed by atoms with Crippen molar-refractivity contribution in [3.8, 4) is 11.1 Å². The lowest BCUT2D eigenvalue weighted by atomic mass is 9.90. The van der Waals surface area contributed by atoms with E-state index in [4.69, 9.17) is 4.98 Å². The first-order chi connectivity index (χ1) is 18.5. The van der Waals surface area contributed by atoms with Gasteiger partial charge >= 0.3 is 0 Å². The van der Waals surface area contributed by atoms with Crippen LogP contribution in [-0.4, -0.2) is 23.1 Å². The Balaban J connectivity index is 1.67. The van der Waals surface area contributed by atoms with E-state index in [9.17, 15) is 9.59 Å². The van der Waals surface area contributed by atoms with Crippen LogP contribution < -0.4 is 5.32 Å². The van der Waals surface area contributed by atoms with E-state index in [1.807, 2.05) is 103 Å². The fourth-order valence-electron chi connectivity index (χ4n) is 4.56. The van der Waals surface area contributed by atoms with Crippen molar-refractivity contribution in [1.82, 2.24) is 4.98 Å². The van der Waals surface area contributed by atoms with Gasteiger partial charge in [0.1, 0.15) is 0 Å². The second kappa shape index (κ2) is 11.1. The Labute approximate surface area is 222 Å². The van der Waals surface area contributed by atoms with E-state index in [2.05, 4.69) is 17.5 Å². The van der Waals surface area contributed by atoms with E-state index in [-0.39, 0.29) is 11.6 Å². The third kappa shape index (κ3) is 5.45. The molecule has 0 aliphatic carbocycles. The van der Waals surface area contributed by atoms with E-state index in [1.165, 1.54) is 0 Å². The fraction of sp³-hybridized carbons (Fsp3) is 0.0882. The summed E-state index contributed by atoms with van der Waals surface area (Å²) in [5.74, 6) is 0.0829. The summed E-state index contributed by atoms with van der Waals surface area (Å²) in [6, 6.07) is 33.6. The summed E-state index contributed by atoms with van der Waals surface area (Å²) in [5, 5.41) is 4.59. The summed E-state index contributed by atoms with van der Waals surface area (Å²) in [7, 11) is 0. The van der Waals surface area contributed by atoms with Crippen LogP contribution >= 0.6 is 0 Å². The Morgan fingerprint density at radius 2 is 1.34 bits per heavy atom. The monoisotopic (exact) mass is 496 g/mol. The highest BCUT2D eigenvalue weighted by Gasteiger charge is 2.16. The highest BCUT2D eigenvalue weighted by Crippen LogP contribution is 2.36. The van der Waals surface area contributed by atoms with Gasteiger partial charge in [-0.3, -0.25) is 14.6 Å². The topological polar surface area (TPSA) is 59.1 Å². The molecule has 0 aliphatic heterocycles. The molecule has 186 valence electrons. The maximum Gasteiger partial charge on any atom is 0.159 e. The van der Waals surface area contributed by atoms with Crippen molar-refractivity contribution in [3.05, 3.63) is 132 Å². The van der Waals surface area contributed by atoms with Gasteiger partial charge in [-0.25, -0.2) is 0 Å². The molecule has 1 N–H and O–H groups in total. The third-order valence-electron chi connectivity index (χ3n) is 6.62. The van der Waals surface area contributed by atoms with Crippen LogP contribution in [0.25, 0.3) is 33.7 Å². The molecule has 1 aromatic heterocycles. The molecule has 0 aliphatic rings. The van der Waals surface area contributed by atoms with Crippen LogP contribution in [0.3, 0.4) is 0 Å². The van der Waals surface area contributed by atoms with Gasteiger partial charge in [0.2, 0.25) is 0 Å². The lowest BCUT2D eigenvalue weighted by Crippen LogP contribution is -2.06. The summed E-state index contributed by atoms with van der Waals surface area (Å²) >= 11 is 0. The SMILES string of the molecule is CC(=O)c1ccc(/C=C(\CNc2ccccc2)c2cnc3ccccc3c2-c2ccc(C(C)=O)cc2)cc1. The molecule has 38 heavy (non-hydrogen) atoms. The first-order valence-corrected chi connectivity index (χ1v) is 12.6. The Morgan fingerprint density at radius 1 is 0.737 bits per heavy atom. The zero-order valence-electron chi connectivity index (χ0n) is 21.4. The Morgan fingerprint density at radius 3 is 2.00 bits per heavy atom. The second-order valence-electron chi connectivity index (χ2n) is 9.26. The van der Waals surface area contributed by atoms with E-state index in [0.717, 1.165) is 44.4 Å². The third-order valence-corrected chi connectivity index (χ3v) is 6.62. The maximum absolute atomic E-state index is 11.9. The Kier molecular flexibility index (Phi) is 7.23. The minimum absolute atomic E-state index is 0.0398. The molecular weight excluding hydrogens is 468 g/mol. The zero-order valence-corrected chi connectivity index (χ0v) is 21.4. The predicted octanol–water partition coefficient (Wildman–Crippen LogP) is 7.96. The first-order valence-electron chi connectivity index (χ1n) is 12.6. The standard InChI is InChI=1S/C34H28N2O2/c1-23(37)26-14-12-25(13-15-26)20-29(21-35-30-8-4-3-5-9-30)32-22-36-33-11-7-6-10-31(33)34(32)28-18-16-27(17-19-28)24(2)38/h3-20,22,35H,21H2,1-2H3/b29-20+. The Bertz CT molecular complexity index is 1630. The number of benzene rings is 4. The van der Waals surface area contributed by atoms with Crippen LogP contribution in [0.5, 0.6) is 0 Å². The molecule has 0 atom stereocenters. The van der Waals surface area contributed by atoms with E-state index < -0.39 is 0 Å². The van der Waals surface area contributed by atoms with Gasteiger partial charge in [-0.1, -0.05) is 84.9 Å². The number of nitrogens with one attached hydrogen (secondary N) is 1. The van der Waals surface area contributed by atoms with Crippen LogP contribution in [0.4, 0.5) is 5.69 Å². The van der Waals surface area contributed by atoms with Gasteiger partial charge in [0.25, 0.3) is 0 Å². The summed E-state index contributed by atoms with van der Waals surface area (Å²) in [6.07, 6.45) is 4.07. The van der Waals surface area contributed by atoms with Crippen molar-refractivity contribution in [2.45, 2.75) is 13.8 Å². The normalized spacial score (nSPS) is 11.4. The van der Waals surface area contributed by atoms with Crippen LogP contribution in [-0.2, 0) is 0 Å². The molecule has 4 heteroatoms. The van der Waals surface area contributed by atoms with E-state index in [1.54, 1.807) is 13.8 Å². The molecule has 0 saturated heterocycles. The van der Waals surface area contributed by atoms with E-state index >= 15 is 0 Å². The molecule has 0 unspecified atom stereocenters. The lowest BCUT2D eigenvalue weighted by molar-refractivity contribution is 0.100. The molecule has 0 radical (unpaired) electrons. The molecule has 4 aromatic carbocycles. The second-order valence-corrected chi connectivity index (χ2v) is 9.26. The summed E-state index contributed by atoms with van der Waals surface area (Å²) < 4.78 is 0. The lowest BCUT2D eigenvalue weighted by Gasteiger charge is -2.18. The van der Waals surface area contributed by atoms with Crippen LogP contribution in [0.1, 0.15) is 45.7 Å². The van der Waals surface area contributed by atoms with Gasteiger partial charge in [-0.2, -0.15) is 0 Å². The number of hydrogen-bond donors (Lipinski definition) is 1. The van der Waals surface area contributed by atoms with Crippen molar-refractivity contribution >= 4 is 39.8 Å². The quantitative estimate of drug-likeness (QED) is 0.221.